The second kappa shape index (κ2) is 6.60. The summed E-state index contributed by atoms with van der Waals surface area (Å²) in [6.45, 7) is 9.81. The first kappa shape index (κ1) is 14.0. The van der Waals surface area contributed by atoms with Crippen molar-refractivity contribution in [2.75, 3.05) is 13.2 Å². The van der Waals surface area contributed by atoms with Gasteiger partial charge in [0.05, 0.1) is 23.8 Å². The van der Waals surface area contributed by atoms with E-state index in [9.17, 15) is 0 Å². The molecule has 0 bridgehead atoms. The van der Waals surface area contributed by atoms with Crippen LogP contribution >= 0.6 is 22.9 Å². The third-order valence-electron chi connectivity index (χ3n) is 2.29. The minimum atomic E-state index is 0.207. The van der Waals surface area contributed by atoms with E-state index < -0.39 is 0 Å². The van der Waals surface area contributed by atoms with Gasteiger partial charge in [0.15, 0.2) is 0 Å². The number of aryl methyl sites for hydroxylation is 1. The number of hydrogen-bond donors (Lipinski definition) is 1. The molecule has 1 heterocycles. The van der Waals surface area contributed by atoms with E-state index in [-0.39, 0.29) is 12.1 Å². The molecule has 1 aromatic heterocycles. The topological polar surface area (TPSA) is 21.3 Å². The van der Waals surface area contributed by atoms with Crippen molar-refractivity contribution in [2.45, 2.75) is 39.8 Å². The highest BCUT2D eigenvalue weighted by molar-refractivity contribution is 7.10. The van der Waals surface area contributed by atoms with E-state index in [4.69, 9.17) is 16.3 Å². The average Bonchev–Trinajstić information content (AvgIpc) is 2.55. The zero-order valence-corrected chi connectivity index (χ0v) is 11.9. The lowest BCUT2D eigenvalue weighted by atomic mass is 10.2. The molecule has 0 spiro atoms. The summed E-state index contributed by atoms with van der Waals surface area (Å²) in [7, 11) is 0. The number of likely N-dealkylation sites (N-methyl/N-ethyl adjacent to an activating group) is 1. The van der Waals surface area contributed by atoms with Gasteiger partial charge in [-0.15, -0.1) is 11.3 Å². The Balaban J connectivity index is 2.72. The van der Waals surface area contributed by atoms with Gasteiger partial charge >= 0.3 is 0 Å². The molecule has 0 saturated heterocycles. The second-order valence-electron chi connectivity index (χ2n) is 4.09. The van der Waals surface area contributed by atoms with E-state index in [1.54, 1.807) is 11.3 Å². The van der Waals surface area contributed by atoms with Gasteiger partial charge in [-0.25, -0.2) is 0 Å². The molecule has 0 amide bonds. The van der Waals surface area contributed by atoms with Crippen LogP contribution in [0.2, 0.25) is 5.02 Å². The molecule has 0 fully saturated rings. The van der Waals surface area contributed by atoms with Gasteiger partial charge in [0.1, 0.15) is 0 Å². The maximum Gasteiger partial charge on any atom is 0.0673 e. The van der Waals surface area contributed by atoms with Gasteiger partial charge in [-0.2, -0.15) is 0 Å². The van der Waals surface area contributed by atoms with Crippen molar-refractivity contribution in [3.05, 3.63) is 20.8 Å². The van der Waals surface area contributed by atoms with Crippen molar-refractivity contribution in [1.82, 2.24) is 5.32 Å². The summed E-state index contributed by atoms with van der Waals surface area (Å²) < 4.78 is 5.66. The summed E-state index contributed by atoms with van der Waals surface area (Å²) in [6, 6.07) is 0.207. The van der Waals surface area contributed by atoms with E-state index in [1.807, 2.05) is 20.8 Å². The highest BCUT2D eigenvalue weighted by atomic mass is 35.5. The lowest BCUT2D eigenvalue weighted by Gasteiger charge is -2.19. The monoisotopic (exact) mass is 261 g/mol. The van der Waals surface area contributed by atoms with Crippen LogP contribution in [-0.4, -0.2) is 19.3 Å². The number of halogens is 1. The molecule has 1 unspecified atom stereocenters. The Kier molecular flexibility index (Phi) is 5.76. The Labute approximate surface area is 107 Å². The first-order valence-electron chi connectivity index (χ1n) is 5.64. The Bertz CT molecular complexity index is 325. The fourth-order valence-corrected chi connectivity index (χ4v) is 2.83. The highest BCUT2D eigenvalue weighted by Crippen LogP contribution is 2.32. The Morgan fingerprint density at radius 3 is 2.62 bits per heavy atom. The lowest BCUT2D eigenvalue weighted by Crippen LogP contribution is -2.26. The van der Waals surface area contributed by atoms with Crippen LogP contribution in [0, 0.1) is 6.92 Å². The van der Waals surface area contributed by atoms with Gasteiger partial charge in [-0.05, 0) is 38.3 Å². The third-order valence-corrected chi connectivity index (χ3v) is 4.12. The second-order valence-corrected chi connectivity index (χ2v) is 5.38. The van der Waals surface area contributed by atoms with Gasteiger partial charge in [-0.1, -0.05) is 18.5 Å². The van der Waals surface area contributed by atoms with Gasteiger partial charge < -0.3 is 10.1 Å². The molecular weight excluding hydrogens is 242 g/mol. The summed E-state index contributed by atoms with van der Waals surface area (Å²) in [5, 5.41) is 6.38. The maximum atomic E-state index is 6.27. The van der Waals surface area contributed by atoms with Crippen LogP contribution < -0.4 is 5.32 Å². The predicted octanol–water partition coefficient (Wildman–Crippen LogP) is 3.79. The number of rotatable bonds is 6. The van der Waals surface area contributed by atoms with Crippen LogP contribution in [0.25, 0.3) is 0 Å². The molecule has 92 valence electrons. The number of thiophene rings is 1. The zero-order valence-electron chi connectivity index (χ0n) is 10.3. The van der Waals surface area contributed by atoms with E-state index in [0.29, 0.717) is 6.61 Å². The van der Waals surface area contributed by atoms with Crippen molar-refractivity contribution < 1.29 is 4.74 Å². The molecular formula is C12H20ClNOS. The lowest BCUT2D eigenvalue weighted by molar-refractivity contribution is 0.0621. The smallest absolute Gasteiger partial charge is 0.0673 e. The zero-order chi connectivity index (χ0) is 12.1. The summed E-state index contributed by atoms with van der Waals surface area (Å²) >= 11 is 7.97. The largest absolute Gasteiger partial charge is 0.377 e. The first-order chi connectivity index (χ1) is 7.56. The van der Waals surface area contributed by atoms with E-state index >= 15 is 0 Å². The number of ether oxygens (including phenoxy) is 1. The van der Waals surface area contributed by atoms with Crippen molar-refractivity contribution in [3.8, 4) is 0 Å². The summed E-state index contributed by atoms with van der Waals surface area (Å²) in [4.78, 5) is 1.18. The fraction of sp³-hybridized carbons (Fsp3) is 0.667. The third kappa shape index (κ3) is 3.74. The van der Waals surface area contributed by atoms with E-state index in [0.717, 1.165) is 17.1 Å². The molecule has 0 saturated carbocycles. The van der Waals surface area contributed by atoms with E-state index in [1.165, 1.54) is 4.88 Å². The molecule has 2 nitrogen and oxygen atoms in total. The molecule has 0 aliphatic rings. The van der Waals surface area contributed by atoms with Crippen LogP contribution in [-0.2, 0) is 4.74 Å². The summed E-state index contributed by atoms with van der Waals surface area (Å²) in [5.74, 6) is 0. The van der Waals surface area contributed by atoms with Crippen molar-refractivity contribution in [1.29, 1.82) is 0 Å². The molecule has 0 radical (unpaired) electrons. The summed E-state index contributed by atoms with van der Waals surface area (Å²) in [5.41, 5.74) is 1.15. The predicted molar refractivity (Wildman–Crippen MR) is 71.6 cm³/mol. The standard InChI is InChI=1S/C12H20ClNOS/c1-5-14-10(6-15-8(2)3)12-11(13)9(4)7-16-12/h7-8,10,14H,5-6H2,1-4H3. The van der Waals surface area contributed by atoms with Crippen LogP contribution in [0.5, 0.6) is 0 Å². The molecule has 1 atom stereocenters. The van der Waals surface area contributed by atoms with Gasteiger partial charge in [0, 0.05) is 4.88 Å². The normalized spacial score (nSPS) is 13.4. The van der Waals surface area contributed by atoms with Crippen molar-refractivity contribution in [3.63, 3.8) is 0 Å². The van der Waals surface area contributed by atoms with Crippen molar-refractivity contribution >= 4 is 22.9 Å². The molecule has 0 aliphatic carbocycles. The minimum Gasteiger partial charge on any atom is -0.377 e. The van der Waals surface area contributed by atoms with Crippen LogP contribution in [0.3, 0.4) is 0 Å². The molecule has 4 heteroatoms. The van der Waals surface area contributed by atoms with Crippen LogP contribution in [0.4, 0.5) is 0 Å². The SMILES string of the molecule is CCNC(COC(C)C)c1scc(C)c1Cl. The number of hydrogen-bond acceptors (Lipinski definition) is 3. The highest BCUT2D eigenvalue weighted by Gasteiger charge is 2.17. The van der Waals surface area contributed by atoms with Gasteiger partial charge in [-0.3, -0.25) is 0 Å². The molecule has 0 aliphatic heterocycles. The summed E-state index contributed by atoms with van der Waals surface area (Å²) in [6.07, 6.45) is 0.251. The number of nitrogens with one attached hydrogen (secondary N) is 1. The van der Waals surface area contributed by atoms with E-state index in [2.05, 4.69) is 17.6 Å². The Morgan fingerprint density at radius 2 is 2.19 bits per heavy atom. The maximum absolute atomic E-state index is 6.27. The van der Waals surface area contributed by atoms with Crippen LogP contribution in [0.1, 0.15) is 37.3 Å². The Morgan fingerprint density at radius 1 is 1.50 bits per heavy atom. The Hall–Kier alpha value is -0.0900. The van der Waals surface area contributed by atoms with Crippen LogP contribution in [0.15, 0.2) is 5.38 Å². The molecule has 1 aromatic rings. The van der Waals surface area contributed by atoms with Gasteiger partial charge in [0.2, 0.25) is 0 Å². The fourth-order valence-electron chi connectivity index (χ4n) is 1.45. The van der Waals surface area contributed by atoms with Crippen molar-refractivity contribution in [2.24, 2.45) is 0 Å². The quantitative estimate of drug-likeness (QED) is 0.841. The molecule has 1 N–H and O–H groups in total. The average molecular weight is 262 g/mol. The molecule has 0 aromatic carbocycles. The first-order valence-corrected chi connectivity index (χ1v) is 6.90. The minimum absolute atomic E-state index is 0.207. The molecule has 16 heavy (non-hydrogen) atoms. The van der Waals surface area contributed by atoms with Gasteiger partial charge in [0.25, 0.3) is 0 Å². The molecule has 1 rings (SSSR count).